The first-order valence-corrected chi connectivity index (χ1v) is 8.63. The number of nitrogens with two attached hydrogens (primary N) is 1. The van der Waals surface area contributed by atoms with Crippen LogP contribution in [0.25, 0.3) is 0 Å². The summed E-state index contributed by atoms with van der Waals surface area (Å²) in [6.45, 7) is 1.74. The van der Waals surface area contributed by atoms with Crippen molar-refractivity contribution in [2.24, 2.45) is 0 Å². The van der Waals surface area contributed by atoms with Gasteiger partial charge < -0.3 is 5.73 Å². The number of hydrogen-bond acceptors (Lipinski definition) is 4. The van der Waals surface area contributed by atoms with E-state index in [1.54, 1.807) is 31.5 Å². The van der Waals surface area contributed by atoms with Crippen LogP contribution in [0.5, 0.6) is 0 Å². The Kier molecular flexibility index (Phi) is 4.52. The zero-order chi connectivity index (χ0) is 14.9. The highest BCUT2D eigenvalue weighted by Crippen LogP contribution is 2.33. The van der Waals surface area contributed by atoms with Gasteiger partial charge in [0, 0.05) is 32.4 Å². The minimum absolute atomic E-state index is 0.113. The van der Waals surface area contributed by atoms with Gasteiger partial charge in [0.05, 0.1) is 6.20 Å². The van der Waals surface area contributed by atoms with Crippen LogP contribution in [-0.2, 0) is 10.0 Å². The number of aromatic nitrogens is 2. The van der Waals surface area contributed by atoms with E-state index in [-0.39, 0.29) is 4.90 Å². The van der Waals surface area contributed by atoms with E-state index in [1.807, 2.05) is 0 Å². The van der Waals surface area contributed by atoms with E-state index >= 15 is 0 Å². The standard InChI is InChI=1S/C11H12Br2N4O2S/c1-6(7-4-15-16-5-7)17-20(18,19)11-9(12)2-8(14)3-10(11)13/h2-6,17H,14H2,1H3,(H,15,16). The van der Waals surface area contributed by atoms with E-state index in [0.29, 0.717) is 14.6 Å². The lowest BCUT2D eigenvalue weighted by Crippen LogP contribution is -2.27. The van der Waals surface area contributed by atoms with Crippen molar-refractivity contribution < 1.29 is 8.42 Å². The topological polar surface area (TPSA) is 101 Å². The fourth-order valence-corrected chi connectivity index (χ4v) is 5.54. The summed E-state index contributed by atoms with van der Waals surface area (Å²) in [5.41, 5.74) is 6.87. The largest absolute Gasteiger partial charge is 0.399 e. The molecule has 0 amide bonds. The number of anilines is 1. The molecule has 0 radical (unpaired) electrons. The van der Waals surface area contributed by atoms with Gasteiger partial charge in [0.1, 0.15) is 4.90 Å². The maximum absolute atomic E-state index is 12.4. The second-order valence-corrected chi connectivity index (χ2v) is 7.55. The van der Waals surface area contributed by atoms with Crippen LogP contribution in [0.1, 0.15) is 18.5 Å². The molecule has 9 heteroatoms. The van der Waals surface area contributed by atoms with Crippen LogP contribution in [0.2, 0.25) is 0 Å². The number of hydrogen-bond donors (Lipinski definition) is 3. The average molecular weight is 424 g/mol. The first-order valence-electron chi connectivity index (χ1n) is 5.57. The second-order valence-electron chi connectivity index (χ2n) is 4.19. The third kappa shape index (κ3) is 3.22. The van der Waals surface area contributed by atoms with Crippen molar-refractivity contribution in [3.8, 4) is 0 Å². The zero-order valence-electron chi connectivity index (χ0n) is 10.4. The Bertz CT molecular complexity index is 693. The Labute approximate surface area is 133 Å². The van der Waals surface area contributed by atoms with E-state index in [1.165, 1.54) is 0 Å². The van der Waals surface area contributed by atoms with Gasteiger partial charge in [-0.05, 0) is 50.9 Å². The summed E-state index contributed by atoms with van der Waals surface area (Å²) in [5.74, 6) is 0. The first-order chi connectivity index (χ1) is 9.31. The highest BCUT2D eigenvalue weighted by molar-refractivity contribution is 9.11. The van der Waals surface area contributed by atoms with Crippen molar-refractivity contribution >= 4 is 47.6 Å². The molecule has 1 atom stereocenters. The van der Waals surface area contributed by atoms with Gasteiger partial charge in [-0.25, -0.2) is 13.1 Å². The van der Waals surface area contributed by atoms with Gasteiger partial charge in [0.15, 0.2) is 0 Å². The summed E-state index contributed by atoms with van der Waals surface area (Å²) in [4.78, 5) is 0.113. The number of rotatable bonds is 4. The van der Waals surface area contributed by atoms with Crippen LogP contribution in [0.3, 0.4) is 0 Å². The summed E-state index contributed by atoms with van der Waals surface area (Å²) in [7, 11) is -3.70. The molecule has 0 aliphatic rings. The van der Waals surface area contributed by atoms with Crippen molar-refractivity contribution in [2.75, 3.05) is 5.73 Å². The van der Waals surface area contributed by atoms with Crippen LogP contribution in [0, 0.1) is 0 Å². The van der Waals surface area contributed by atoms with Gasteiger partial charge in [-0.3, -0.25) is 5.10 Å². The Morgan fingerprint density at radius 2 is 1.95 bits per heavy atom. The van der Waals surface area contributed by atoms with E-state index in [2.05, 4.69) is 46.8 Å². The molecule has 4 N–H and O–H groups in total. The molecular weight excluding hydrogens is 412 g/mol. The fraction of sp³-hybridized carbons (Fsp3) is 0.182. The lowest BCUT2D eigenvalue weighted by atomic mass is 10.2. The van der Waals surface area contributed by atoms with Gasteiger partial charge in [-0.1, -0.05) is 0 Å². The van der Waals surface area contributed by atoms with Gasteiger partial charge in [0.2, 0.25) is 10.0 Å². The molecule has 0 saturated carbocycles. The lowest BCUT2D eigenvalue weighted by Gasteiger charge is -2.15. The Hall–Kier alpha value is -0.900. The van der Waals surface area contributed by atoms with Crippen molar-refractivity contribution in [3.63, 3.8) is 0 Å². The predicted octanol–water partition coefficient (Wildman–Crippen LogP) is 2.56. The highest BCUT2D eigenvalue weighted by Gasteiger charge is 2.24. The van der Waals surface area contributed by atoms with Crippen LogP contribution in [0.15, 0.2) is 38.4 Å². The Morgan fingerprint density at radius 3 is 2.45 bits per heavy atom. The highest BCUT2D eigenvalue weighted by atomic mass is 79.9. The van der Waals surface area contributed by atoms with Gasteiger partial charge >= 0.3 is 0 Å². The molecule has 2 aromatic rings. The third-order valence-electron chi connectivity index (χ3n) is 2.64. The lowest BCUT2D eigenvalue weighted by molar-refractivity contribution is 0.566. The second kappa shape index (κ2) is 5.84. The molecule has 6 nitrogen and oxygen atoms in total. The van der Waals surface area contributed by atoms with Crippen molar-refractivity contribution in [2.45, 2.75) is 17.9 Å². The van der Waals surface area contributed by atoms with Crippen LogP contribution in [0.4, 0.5) is 5.69 Å². The van der Waals surface area contributed by atoms with Crippen LogP contribution < -0.4 is 10.5 Å². The van der Waals surface area contributed by atoms with Gasteiger partial charge in [-0.2, -0.15) is 5.10 Å². The molecule has 0 aliphatic heterocycles. The maximum atomic E-state index is 12.4. The van der Waals surface area contributed by atoms with Crippen molar-refractivity contribution in [1.82, 2.24) is 14.9 Å². The van der Waals surface area contributed by atoms with E-state index < -0.39 is 16.1 Å². The number of nitrogens with one attached hydrogen (secondary N) is 2. The molecule has 0 fully saturated rings. The minimum atomic E-state index is -3.70. The summed E-state index contributed by atoms with van der Waals surface area (Å²) in [5, 5.41) is 6.44. The molecule has 20 heavy (non-hydrogen) atoms. The summed E-state index contributed by atoms with van der Waals surface area (Å²) in [6.07, 6.45) is 3.21. The van der Waals surface area contributed by atoms with E-state index in [0.717, 1.165) is 5.56 Å². The zero-order valence-corrected chi connectivity index (χ0v) is 14.4. The monoisotopic (exact) mass is 422 g/mol. The first kappa shape index (κ1) is 15.5. The molecule has 0 spiro atoms. The SMILES string of the molecule is CC(NS(=O)(=O)c1c(Br)cc(N)cc1Br)c1cn[nH]c1. The van der Waals surface area contributed by atoms with Gasteiger partial charge in [0.25, 0.3) is 0 Å². The molecule has 108 valence electrons. The van der Waals surface area contributed by atoms with Crippen LogP contribution >= 0.6 is 31.9 Å². The number of benzene rings is 1. The van der Waals surface area contributed by atoms with Crippen LogP contribution in [-0.4, -0.2) is 18.6 Å². The number of H-pyrrole nitrogens is 1. The number of sulfonamides is 1. The summed E-state index contributed by atoms with van der Waals surface area (Å²) in [6, 6.07) is 2.68. The number of halogens is 2. The molecule has 0 aliphatic carbocycles. The summed E-state index contributed by atoms with van der Waals surface area (Å²) >= 11 is 6.45. The molecule has 0 saturated heterocycles. The number of nitrogens with zero attached hydrogens (tertiary/aromatic N) is 1. The van der Waals surface area contributed by atoms with Crippen molar-refractivity contribution in [3.05, 3.63) is 39.0 Å². The van der Waals surface area contributed by atoms with E-state index in [4.69, 9.17) is 5.73 Å². The van der Waals surface area contributed by atoms with Crippen molar-refractivity contribution in [1.29, 1.82) is 0 Å². The maximum Gasteiger partial charge on any atom is 0.243 e. The van der Waals surface area contributed by atoms with Gasteiger partial charge in [-0.15, -0.1) is 0 Å². The average Bonchev–Trinajstić information content (AvgIpc) is 2.78. The van der Waals surface area contributed by atoms with E-state index in [9.17, 15) is 8.42 Å². The number of nitrogen functional groups attached to an aromatic ring is 1. The molecule has 2 rings (SSSR count). The quantitative estimate of drug-likeness (QED) is 0.657. The Morgan fingerprint density at radius 1 is 1.35 bits per heavy atom. The number of aromatic amines is 1. The molecule has 1 heterocycles. The molecule has 0 bridgehead atoms. The minimum Gasteiger partial charge on any atom is -0.399 e. The smallest absolute Gasteiger partial charge is 0.243 e. The molecular formula is C11H12Br2N4O2S. The summed E-state index contributed by atoms with van der Waals surface area (Å²) < 4.78 is 28.3. The Balaban J connectivity index is 2.37. The predicted molar refractivity (Wildman–Crippen MR) is 83.6 cm³/mol. The third-order valence-corrected chi connectivity index (χ3v) is 6.06. The molecule has 1 aromatic carbocycles. The molecule has 1 unspecified atom stereocenters. The molecule has 1 aromatic heterocycles. The fourth-order valence-electron chi connectivity index (χ4n) is 1.69. The normalized spacial score (nSPS) is 13.3.